The molecule has 182 valence electrons. The van der Waals surface area contributed by atoms with E-state index in [1.807, 2.05) is 0 Å². The van der Waals surface area contributed by atoms with Crippen molar-refractivity contribution < 1.29 is 10.2 Å². The summed E-state index contributed by atoms with van der Waals surface area (Å²) >= 11 is 0. The molecular weight excluding hydrogens is 392 g/mol. The fraction of sp³-hybridized carbons (Fsp3) is 0.867. The molecule has 4 unspecified atom stereocenters. The van der Waals surface area contributed by atoms with E-state index in [1.165, 1.54) is 31.3 Å². The van der Waals surface area contributed by atoms with E-state index in [9.17, 15) is 10.2 Å². The lowest BCUT2D eigenvalue weighted by Crippen LogP contribution is -2.54. The highest BCUT2D eigenvalue weighted by molar-refractivity contribution is 5.28. The van der Waals surface area contributed by atoms with Gasteiger partial charge in [0.05, 0.1) is 12.2 Å². The maximum Gasteiger partial charge on any atom is 0.0757 e. The van der Waals surface area contributed by atoms with Gasteiger partial charge in [0.15, 0.2) is 0 Å². The van der Waals surface area contributed by atoms with Gasteiger partial charge >= 0.3 is 0 Å². The number of fused-ring (bicyclic) bond motifs is 5. The van der Waals surface area contributed by atoms with E-state index >= 15 is 0 Å². The van der Waals surface area contributed by atoms with E-state index in [4.69, 9.17) is 0 Å². The molecule has 4 aliphatic carbocycles. The third-order valence-electron chi connectivity index (χ3n) is 11.0. The first-order chi connectivity index (χ1) is 15.0. The molecule has 3 fully saturated rings. The molecule has 0 bridgehead atoms. The monoisotopic (exact) mass is 442 g/mol. The van der Waals surface area contributed by atoms with Gasteiger partial charge in [0.1, 0.15) is 0 Å². The molecule has 32 heavy (non-hydrogen) atoms. The Morgan fingerprint density at radius 2 is 1.56 bits per heavy atom. The molecule has 0 saturated heterocycles. The van der Waals surface area contributed by atoms with Crippen LogP contribution in [0.15, 0.2) is 23.8 Å². The second-order valence-corrected chi connectivity index (χ2v) is 13.3. The molecule has 2 N–H and O–H groups in total. The van der Waals surface area contributed by atoms with Crippen LogP contribution in [0.25, 0.3) is 0 Å². The Bertz CT molecular complexity index is 727. The summed E-state index contributed by atoms with van der Waals surface area (Å²) < 4.78 is 0. The fourth-order valence-electron chi connectivity index (χ4n) is 9.19. The highest BCUT2D eigenvalue weighted by Gasteiger charge is 2.61. The average Bonchev–Trinajstić information content (AvgIpc) is 3.06. The smallest absolute Gasteiger partial charge is 0.0757 e. The van der Waals surface area contributed by atoms with Crippen LogP contribution in [0.4, 0.5) is 0 Å². The Morgan fingerprint density at radius 1 is 0.875 bits per heavy atom. The van der Waals surface area contributed by atoms with Crippen LogP contribution in [-0.2, 0) is 0 Å². The molecular formula is C30H50O2. The van der Waals surface area contributed by atoms with Crippen LogP contribution < -0.4 is 0 Å². The molecule has 0 aromatic carbocycles. The van der Waals surface area contributed by atoms with E-state index in [-0.39, 0.29) is 17.6 Å². The van der Waals surface area contributed by atoms with Gasteiger partial charge in [0.2, 0.25) is 0 Å². The van der Waals surface area contributed by atoms with Crippen LogP contribution in [0, 0.1) is 58.2 Å². The van der Waals surface area contributed by atoms with Crippen molar-refractivity contribution in [1.29, 1.82) is 0 Å². The van der Waals surface area contributed by atoms with Crippen molar-refractivity contribution >= 4 is 0 Å². The van der Waals surface area contributed by atoms with Gasteiger partial charge in [-0.15, -0.1) is 0 Å². The first-order valence-electron chi connectivity index (χ1n) is 13.7. The molecule has 0 heterocycles. The summed E-state index contributed by atoms with van der Waals surface area (Å²) in [5.74, 6) is 4.98. The minimum absolute atomic E-state index is 0.190. The Morgan fingerprint density at radius 3 is 2.22 bits per heavy atom. The third kappa shape index (κ3) is 3.96. The molecule has 9 atom stereocenters. The zero-order chi connectivity index (χ0) is 23.4. The zero-order valence-electron chi connectivity index (χ0n) is 21.8. The molecule has 0 radical (unpaired) electrons. The Hall–Kier alpha value is -0.600. The Labute approximate surface area is 198 Å². The van der Waals surface area contributed by atoms with Crippen LogP contribution in [0.5, 0.6) is 0 Å². The maximum absolute atomic E-state index is 11.4. The number of hydrogen-bond donors (Lipinski definition) is 2. The molecule has 0 amide bonds. The van der Waals surface area contributed by atoms with E-state index in [1.54, 1.807) is 0 Å². The van der Waals surface area contributed by atoms with Crippen LogP contribution in [0.3, 0.4) is 0 Å². The van der Waals surface area contributed by atoms with Gasteiger partial charge in [0.25, 0.3) is 0 Å². The SMILES string of the molecule is CC(C)C(/C=C\C(C)[C@H]1CCC2C3C(CC[C@@]21C)[C@@]1(C)CC[C@H](O)CC1=C[C@H]3O)C(C)C. The summed E-state index contributed by atoms with van der Waals surface area (Å²) in [5.41, 5.74) is 1.89. The van der Waals surface area contributed by atoms with Gasteiger partial charge < -0.3 is 10.2 Å². The summed E-state index contributed by atoms with van der Waals surface area (Å²) in [5, 5.41) is 21.6. The molecule has 0 aliphatic heterocycles. The highest BCUT2D eigenvalue weighted by atomic mass is 16.3. The van der Waals surface area contributed by atoms with E-state index < -0.39 is 0 Å². The number of rotatable bonds is 5. The normalized spacial score (nSPS) is 45.2. The summed E-state index contributed by atoms with van der Waals surface area (Å²) in [6, 6.07) is 0. The van der Waals surface area contributed by atoms with E-state index in [2.05, 4.69) is 66.7 Å². The number of hydrogen-bond acceptors (Lipinski definition) is 2. The maximum atomic E-state index is 11.4. The second kappa shape index (κ2) is 8.88. The molecule has 0 aromatic rings. The van der Waals surface area contributed by atoms with E-state index in [0.717, 1.165) is 25.2 Å². The highest BCUT2D eigenvalue weighted by Crippen LogP contribution is 2.67. The number of aliphatic hydroxyl groups excluding tert-OH is 2. The van der Waals surface area contributed by atoms with Crippen molar-refractivity contribution in [2.75, 3.05) is 0 Å². The standard InChI is InChI=1S/C30H50O2/c1-18(2)23(19(3)4)9-8-20(5)24-10-11-25-28-26(13-15-30(24,25)7)29(6)14-12-22(31)16-21(29)17-27(28)32/h8-9,17-20,22-28,31-32H,10-16H2,1-7H3/b9-8-/t20?,22-,24+,25?,26?,27+,28?,29-,30+/m0/s1. The number of allylic oxidation sites excluding steroid dienone is 2. The minimum Gasteiger partial charge on any atom is -0.393 e. The van der Waals surface area contributed by atoms with Crippen molar-refractivity contribution in [3.8, 4) is 0 Å². The van der Waals surface area contributed by atoms with Crippen molar-refractivity contribution in [1.82, 2.24) is 0 Å². The largest absolute Gasteiger partial charge is 0.393 e. The molecule has 2 nitrogen and oxygen atoms in total. The van der Waals surface area contributed by atoms with Crippen LogP contribution in [0.2, 0.25) is 0 Å². The van der Waals surface area contributed by atoms with E-state index in [0.29, 0.717) is 46.8 Å². The predicted molar refractivity (Wildman–Crippen MR) is 134 cm³/mol. The average molecular weight is 443 g/mol. The second-order valence-electron chi connectivity index (χ2n) is 13.3. The minimum atomic E-state index is -0.325. The Balaban J connectivity index is 1.56. The van der Waals surface area contributed by atoms with Crippen LogP contribution in [-0.4, -0.2) is 22.4 Å². The lowest BCUT2D eigenvalue weighted by atomic mass is 9.46. The lowest BCUT2D eigenvalue weighted by Gasteiger charge is -2.59. The summed E-state index contributed by atoms with van der Waals surface area (Å²) in [6.07, 6.45) is 14.6. The predicted octanol–water partition coefficient (Wildman–Crippen LogP) is 7.02. The topological polar surface area (TPSA) is 40.5 Å². The number of aliphatic hydroxyl groups is 2. The van der Waals surface area contributed by atoms with Crippen LogP contribution >= 0.6 is 0 Å². The quantitative estimate of drug-likeness (QED) is 0.449. The van der Waals surface area contributed by atoms with Gasteiger partial charge in [-0.2, -0.15) is 0 Å². The van der Waals surface area contributed by atoms with Gasteiger partial charge in [-0.3, -0.25) is 0 Å². The zero-order valence-corrected chi connectivity index (χ0v) is 21.8. The molecule has 3 saturated carbocycles. The van der Waals surface area contributed by atoms with Crippen molar-refractivity contribution in [2.45, 2.75) is 106 Å². The molecule has 4 rings (SSSR count). The fourth-order valence-corrected chi connectivity index (χ4v) is 9.19. The van der Waals surface area contributed by atoms with Gasteiger partial charge in [0, 0.05) is 0 Å². The van der Waals surface area contributed by atoms with Crippen molar-refractivity contribution in [3.63, 3.8) is 0 Å². The first kappa shape index (κ1) is 24.5. The van der Waals surface area contributed by atoms with Gasteiger partial charge in [-0.05, 0) is 103 Å². The summed E-state index contributed by atoms with van der Waals surface area (Å²) in [4.78, 5) is 0. The van der Waals surface area contributed by atoms with Gasteiger partial charge in [-0.1, -0.05) is 72.3 Å². The summed E-state index contributed by atoms with van der Waals surface area (Å²) in [7, 11) is 0. The van der Waals surface area contributed by atoms with Crippen molar-refractivity contribution in [3.05, 3.63) is 23.8 Å². The van der Waals surface area contributed by atoms with Gasteiger partial charge in [-0.25, -0.2) is 0 Å². The molecule has 2 heteroatoms. The van der Waals surface area contributed by atoms with Crippen molar-refractivity contribution in [2.24, 2.45) is 58.2 Å². The first-order valence-corrected chi connectivity index (χ1v) is 13.7. The third-order valence-corrected chi connectivity index (χ3v) is 11.0. The lowest BCUT2D eigenvalue weighted by molar-refractivity contribution is -0.0950. The summed E-state index contributed by atoms with van der Waals surface area (Å²) in [6.45, 7) is 16.9. The molecule has 4 aliphatic rings. The Kier molecular flexibility index (Phi) is 6.80. The molecule has 0 aromatic heterocycles. The molecule has 0 spiro atoms. The van der Waals surface area contributed by atoms with Crippen LogP contribution in [0.1, 0.15) is 93.4 Å².